The normalized spacial score (nSPS) is 19.0. The molecule has 2 aliphatic heterocycles. The molecule has 0 radical (unpaired) electrons. The van der Waals surface area contributed by atoms with Gasteiger partial charge >= 0.3 is 12.0 Å². The van der Waals surface area contributed by atoms with Crippen LogP contribution in [0.2, 0.25) is 0 Å². The third kappa shape index (κ3) is 6.02. The van der Waals surface area contributed by atoms with E-state index in [9.17, 15) is 18.0 Å². The van der Waals surface area contributed by atoms with Crippen LogP contribution in [0.1, 0.15) is 18.5 Å². The number of sulfonamides is 1. The van der Waals surface area contributed by atoms with Crippen LogP contribution in [0, 0.1) is 0 Å². The Morgan fingerprint density at radius 2 is 1.62 bits per heavy atom. The number of urea groups is 1. The number of carbonyl (C=O) groups excluding carboxylic acids is 2. The first-order valence-corrected chi connectivity index (χ1v) is 14.1. The standard InChI is InChI=1S/C27H34N4O7S/c1-5-38-26(32)24-23(18-30-11-13-31(14-12-30)39(34,35)22-9-7-6-8-10-22)29(2)27(33)28-25(24)19-15-20(36-3)17-21(16-19)37-4/h6-10,15-17,25H,5,11-14,18H2,1-4H3,(H,28,33)/t25-/m0/s1. The summed E-state index contributed by atoms with van der Waals surface area (Å²) in [5.74, 6) is 0.479. The van der Waals surface area contributed by atoms with Crippen molar-refractivity contribution in [1.29, 1.82) is 0 Å². The molecule has 2 aromatic carbocycles. The predicted molar refractivity (Wildman–Crippen MR) is 144 cm³/mol. The van der Waals surface area contributed by atoms with Crippen molar-refractivity contribution in [2.24, 2.45) is 0 Å². The summed E-state index contributed by atoms with van der Waals surface area (Å²) < 4.78 is 43.8. The first-order valence-electron chi connectivity index (χ1n) is 12.6. The van der Waals surface area contributed by atoms with Gasteiger partial charge in [0, 0.05) is 51.5 Å². The summed E-state index contributed by atoms with van der Waals surface area (Å²) >= 11 is 0. The summed E-state index contributed by atoms with van der Waals surface area (Å²) in [6.07, 6.45) is 0. The van der Waals surface area contributed by atoms with Crippen LogP contribution in [0.5, 0.6) is 11.5 Å². The predicted octanol–water partition coefficient (Wildman–Crippen LogP) is 2.22. The van der Waals surface area contributed by atoms with Crippen molar-refractivity contribution in [2.45, 2.75) is 17.9 Å². The topological polar surface area (TPSA) is 118 Å². The number of hydrogen-bond acceptors (Lipinski definition) is 8. The average molecular weight is 559 g/mol. The third-order valence-corrected chi connectivity index (χ3v) is 8.78. The molecule has 1 N–H and O–H groups in total. The number of amides is 2. The van der Waals surface area contributed by atoms with Gasteiger partial charge in [-0.05, 0) is 36.8 Å². The van der Waals surface area contributed by atoms with Crippen LogP contribution in [-0.4, -0.2) is 95.1 Å². The molecule has 0 aliphatic carbocycles. The van der Waals surface area contributed by atoms with E-state index in [4.69, 9.17) is 14.2 Å². The molecular weight excluding hydrogens is 524 g/mol. The summed E-state index contributed by atoms with van der Waals surface area (Å²) in [4.78, 5) is 30.1. The minimum absolute atomic E-state index is 0.164. The zero-order valence-corrected chi connectivity index (χ0v) is 23.4. The smallest absolute Gasteiger partial charge is 0.338 e. The van der Waals surface area contributed by atoms with Gasteiger partial charge in [-0.3, -0.25) is 9.80 Å². The number of nitrogens with zero attached hydrogens (tertiary/aromatic N) is 3. The fourth-order valence-electron chi connectivity index (χ4n) is 4.73. The van der Waals surface area contributed by atoms with Crippen molar-refractivity contribution in [3.05, 3.63) is 65.4 Å². The molecule has 0 bridgehead atoms. The second-order valence-electron chi connectivity index (χ2n) is 9.16. The van der Waals surface area contributed by atoms with E-state index in [2.05, 4.69) is 5.32 Å². The molecule has 0 aromatic heterocycles. The Kier molecular flexibility index (Phi) is 8.78. The van der Waals surface area contributed by atoms with Gasteiger partial charge in [-0.15, -0.1) is 0 Å². The lowest BCUT2D eigenvalue weighted by Crippen LogP contribution is -2.53. The Morgan fingerprint density at radius 3 is 2.18 bits per heavy atom. The molecule has 11 nitrogen and oxygen atoms in total. The highest BCUT2D eigenvalue weighted by Crippen LogP contribution is 2.35. The van der Waals surface area contributed by atoms with Crippen LogP contribution in [0.25, 0.3) is 0 Å². The van der Waals surface area contributed by atoms with Crippen molar-refractivity contribution >= 4 is 22.0 Å². The number of methoxy groups -OCH3 is 2. The lowest BCUT2D eigenvalue weighted by Gasteiger charge is -2.39. The van der Waals surface area contributed by atoms with Gasteiger partial charge in [0.05, 0.1) is 37.3 Å². The Balaban J connectivity index is 1.64. The van der Waals surface area contributed by atoms with Crippen LogP contribution in [-0.2, 0) is 19.6 Å². The van der Waals surface area contributed by atoms with Crippen molar-refractivity contribution in [2.75, 3.05) is 60.6 Å². The molecule has 2 aromatic rings. The first-order chi connectivity index (χ1) is 18.7. The maximum Gasteiger partial charge on any atom is 0.338 e. The molecule has 2 heterocycles. The van der Waals surface area contributed by atoms with Crippen LogP contribution in [0.3, 0.4) is 0 Å². The van der Waals surface area contributed by atoms with Crippen molar-refractivity contribution in [3.8, 4) is 11.5 Å². The first kappa shape index (κ1) is 28.4. The van der Waals surface area contributed by atoms with Crippen molar-refractivity contribution < 1.29 is 32.2 Å². The minimum Gasteiger partial charge on any atom is -0.497 e. The Morgan fingerprint density at radius 1 is 1.00 bits per heavy atom. The SMILES string of the molecule is CCOC(=O)C1=C(CN2CCN(S(=O)(=O)c3ccccc3)CC2)N(C)C(=O)N[C@H]1c1cc(OC)cc(OC)c1. The number of benzene rings is 2. The fraction of sp³-hybridized carbons (Fsp3) is 0.407. The number of piperazine rings is 1. The fourth-order valence-corrected chi connectivity index (χ4v) is 6.17. The summed E-state index contributed by atoms with van der Waals surface area (Å²) in [5, 5.41) is 2.90. The quantitative estimate of drug-likeness (QED) is 0.466. The van der Waals surface area contributed by atoms with Gasteiger partial charge in [-0.2, -0.15) is 4.31 Å². The maximum absolute atomic E-state index is 13.3. The maximum atomic E-state index is 13.3. The summed E-state index contributed by atoms with van der Waals surface area (Å²) in [6.45, 7) is 3.57. The van der Waals surface area contributed by atoms with Crippen LogP contribution < -0.4 is 14.8 Å². The molecule has 210 valence electrons. The summed E-state index contributed by atoms with van der Waals surface area (Å²) in [7, 11) is 1.04. The lowest BCUT2D eigenvalue weighted by atomic mass is 9.93. The molecule has 1 atom stereocenters. The van der Waals surface area contributed by atoms with Gasteiger partial charge in [0.1, 0.15) is 11.5 Å². The van der Waals surface area contributed by atoms with Crippen LogP contribution in [0.15, 0.2) is 64.7 Å². The number of carbonyl (C=O) groups is 2. The highest BCUT2D eigenvalue weighted by molar-refractivity contribution is 7.89. The number of hydrogen-bond donors (Lipinski definition) is 1. The van der Waals surface area contributed by atoms with Gasteiger partial charge < -0.3 is 19.5 Å². The molecule has 0 spiro atoms. The van der Waals surface area contributed by atoms with E-state index in [1.807, 2.05) is 4.90 Å². The lowest BCUT2D eigenvalue weighted by molar-refractivity contribution is -0.139. The largest absolute Gasteiger partial charge is 0.497 e. The molecule has 1 fully saturated rings. The van der Waals surface area contributed by atoms with E-state index < -0.39 is 22.0 Å². The summed E-state index contributed by atoms with van der Waals surface area (Å²) in [5.41, 5.74) is 1.39. The molecule has 0 saturated carbocycles. The molecule has 4 rings (SSSR count). The second-order valence-corrected chi connectivity index (χ2v) is 11.1. The molecule has 2 aliphatic rings. The van der Waals surface area contributed by atoms with Crippen LogP contribution >= 0.6 is 0 Å². The van der Waals surface area contributed by atoms with Crippen LogP contribution in [0.4, 0.5) is 4.79 Å². The monoisotopic (exact) mass is 558 g/mol. The van der Waals surface area contributed by atoms with Gasteiger partial charge in [0.2, 0.25) is 10.0 Å². The molecule has 2 amide bonds. The number of rotatable bonds is 9. The van der Waals surface area contributed by atoms with E-state index in [1.165, 1.54) is 23.4 Å². The van der Waals surface area contributed by atoms with E-state index in [-0.39, 0.29) is 37.2 Å². The number of likely N-dealkylation sites (N-methyl/N-ethyl adjacent to an activating group) is 1. The van der Waals surface area contributed by atoms with E-state index >= 15 is 0 Å². The molecule has 0 unspecified atom stereocenters. The zero-order valence-electron chi connectivity index (χ0n) is 22.5. The highest BCUT2D eigenvalue weighted by Gasteiger charge is 2.38. The molecule has 1 saturated heterocycles. The van der Waals surface area contributed by atoms with Gasteiger partial charge in [-0.1, -0.05) is 18.2 Å². The van der Waals surface area contributed by atoms with E-state index in [0.717, 1.165) is 0 Å². The number of nitrogens with one attached hydrogen (secondary N) is 1. The second kappa shape index (κ2) is 12.1. The molecular formula is C27H34N4O7S. The van der Waals surface area contributed by atoms with Gasteiger partial charge in [0.15, 0.2) is 0 Å². The van der Waals surface area contributed by atoms with Crippen molar-refractivity contribution in [1.82, 2.24) is 19.4 Å². The van der Waals surface area contributed by atoms with Gasteiger partial charge in [-0.25, -0.2) is 18.0 Å². The van der Waals surface area contributed by atoms with E-state index in [1.54, 1.807) is 62.5 Å². The third-order valence-electron chi connectivity index (χ3n) is 6.86. The number of ether oxygens (including phenoxy) is 3. The number of esters is 1. The summed E-state index contributed by atoms with van der Waals surface area (Å²) in [6, 6.07) is 12.3. The minimum atomic E-state index is -3.61. The zero-order chi connectivity index (χ0) is 28.2. The average Bonchev–Trinajstić information content (AvgIpc) is 2.95. The Hall–Kier alpha value is -3.61. The van der Waals surface area contributed by atoms with Crippen molar-refractivity contribution in [3.63, 3.8) is 0 Å². The molecule has 12 heteroatoms. The Bertz CT molecular complexity index is 1320. The van der Waals surface area contributed by atoms with Gasteiger partial charge in [0.25, 0.3) is 0 Å². The Labute approximate surface area is 229 Å². The molecule has 39 heavy (non-hydrogen) atoms. The highest BCUT2D eigenvalue weighted by atomic mass is 32.2. The van der Waals surface area contributed by atoms with E-state index in [0.29, 0.717) is 41.4 Å².